The Hall–Kier alpha value is -1.89. The average Bonchev–Trinajstić information content (AvgIpc) is 2.17. The lowest BCUT2D eigenvalue weighted by atomic mass is 10.3. The zero-order valence-electron chi connectivity index (χ0n) is 8.30. The minimum Gasteiger partial charge on any atom is -0.378 e. The van der Waals surface area contributed by atoms with Crippen molar-refractivity contribution in [2.75, 3.05) is 17.6 Å². The van der Waals surface area contributed by atoms with E-state index in [0.717, 1.165) is 0 Å². The first-order chi connectivity index (χ1) is 7.04. The third-order valence-electron chi connectivity index (χ3n) is 1.85. The molecule has 1 rings (SSSR count). The van der Waals surface area contributed by atoms with Gasteiger partial charge in [-0.2, -0.15) is 0 Å². The van der Waals surface area contributed by atoms with Crippen molar-refractivity contribution in [3.63, 3.8) is 0 Å². The highest BCUT2D eigenvalue weighted by Gasteiger charge is 2.13. The van der Waals surface area contributed by atoms with Gasteiger partial charge in [-0.1, -0.05) is 0 Å². The Morgan fingerprint density at radius 1 is 1.67 bits per heavy atom. The van der Waals surface area contributed by atoms with E-state index in [-0.39, 0.29) is 17.5 Å². The lowest BCUT2D eigenvalue weighted by molar-refractivity contribution is -0.384. The molecule has 7 nitrogen and oxygen atoms in total. The van der Waals surface area contributed by atoms with Gasteiger partial charge in [-0.3, -0.25) is 10.1 Å². The molecule has 0 aliphatic heterocycles. The minimum atomic E-state index is -0.571. The highest BCUT2D eigenvalue weighted by molar-refractivity contribution is 5.57. The van der Waals surface area contributed by atoms with Crippen molar-refractivity contribution in [2.45, 2.75) is 13.0 Å². The van der Waals surface area contributed by atoms with Gasteiger partial charge in [0.2, 0.25) is 5.82 Å². The van der Waals surface area contributed by atoms with Crippen molar-refractivity contribution in [3.8, 4) is 0 Å². The summed E-state index contributed by atoms with van der Waals surface area (Å²) in [5, 5.41) is 13.4. The SMILES string of the molecule is CC(CN)Nc1ccc([N+](=O)[O-])c(N)n1. The van der Waals surface area contributed by atoms with Gasteiger partial charge in [0.25, 0.3) is 0 Å². The number of hydrogen-bond acceptors (Lipinski definition) is 6. The molecular weight excluding hydrogens is 198 g/mol. The third kappa shape index (κ3) is 2.78. The fourth-order valence-corrected chi connectivity index (χ4v) is 1.01. The van der Waals surface area contributed by atoms with E-state index < -0.39 is 4.92 Å². The van der Waals surface area contributed by atoms with Crippen LogP contribution in [0.15, 0.2) is 12.1 Å². The van der Waals surface area contributed by atoms with Crippen molar-refractivity contribution in [1.29, 1.82) is 0 Å². The summed E-state index contributed by atoms with van der Waals surface area (Å²) >= 11 is 0. The molecule has 1 heterocycles. The molecule has 0 amide bonds. The van der Waals surface area contributed by atoms with E-state index in [4.69, 9.17) is 11.5 Å². The normalized spacial score (nSPS) is 12.1. The number of nitrogen functional groups attached to an aromatic ring is 1. The number of anilines is 2. The predicted octanol–water partition coefficient (Wildman–Crippen LogP) is 0.331. The Labute approximate surface area is 86.6 Å². The fraction of sp³-hybridized carbons (Fsp3) is 0.375. The second-order valence-corrected chi connectivity index (χ2v) is 3.14. The van der Waals surface area contributed by atoms with Crippen LogP contribution < -0.4 is 16.8 Å². The zero-order chi connectivity index (χ0) is 11.4. The van der Waals surface area contributed by atoms with Gasteiger partial charge in [-0.05, 0) is 13.0 Å². The monoisotopic (exact) mass is 211 g/mol. The lowest BCUT2D eigenvalue weighted by Gasteiger charge is -2.11. The maximum atomic E-state index is 10.5. The highest BCUT2D eigenvalue weighted by atomic mass is 16.6. The van der Waals surface area contributed by atoms with Gasteiger partial charge in [0.15, 0.2) is 0 Å². The molecule has 0 aliphatic rings. The molecule has 0 fully saturated rings. The van der Waals surface area contributed by atoms with E-state index in [9.17, 15) is 10.1 Å². The molecule has 5 N–H and O–H groups in total. The van der Waals surface area contributed by atoms with Crippen LogP contribution in [-0.4, -0.2) is 22.5 Å². The zero-order valence-corrected chi connectivity index (χ0v) is 8.30. The number of rotatable bonds is 4. The summed E-state index contributed by atoms with van der Waals surface area (Å²) in [6.07, 6.45) is 0. The number of nitrogens with zero attached hydrogens (tertiary/aromatic N) is 2. The van der Waals surface area contributed by atoms with Crippen LogP contribution in [0.5, 0.6) is 0 Å². The number of nitrogens with one attached hydrogen (secondary N) is 1. The Kier molecular flexibility index (Phi) is 3.40. The van der Waals surface area contributed by atoms with Crippen molar-refractivity contribution in [1.82, 2.24) is 4.98 Å². The molecule has 1 unspecified atom stereocenters. The number of pyridine rings is 1. The molecule has 0 saturated heterocycles. The number of nitrogens with two attached hydrogens (primary N) is 2. The molecule has 0 aliphatic carbocycles. The van der Waals surface area contributed by atoms with E-state index >= 15 is 0 Å². The number of hydrogen-bond donors (Lipinski definition) is 3. The summed E-state index contributed by atoms with van der Waals surface area (Å²) < 4.78 is 0. The van der Waals surface area contributed by atoms with E-state index in [1.807, 2.05) is 6.92 Å². The van der Waals surface area contributed by atoms with Gasteiger partial charge in [0.05, 0.1) is 4.92 Å². The third-order valence-corrected chi connectivity index (χ3v) is 1.85. The summed E-state index contributed by atoms with van der Waals surface area (Å²) in [4.78, 5) is 13.7. The van der Waals surface area contributed by atoms with Gasteiger partial charge in [0, 0.05) is 18.7 Å². The van der Waals surface area contributed by atoms with Crippen molar-refractivity contribution in [2.24, 2.45) is 5.73 Å². The van der Waals surface area contributed by atoms with Crippen molar-refractivity contribution in [3.05, 3.63) is 22.2 Å². The van der Waals surface area contributed by atoms with Crippen LogP contribution in [0.3, 0.4) is 0 Å². The predicted molar refractivity (Wildman–Crippen MR) is 57.4 cm³/mol. The Bertz CT molecular complexity index is 368. The van der Waals surface area contributed by atoms with Crippen LogP contribution in [0.1, 0.15) is 6.92 Å². The smallest absolute Gasteiger partial charge is 0.311 e. The largest absolute Gasteiger partial charge is 0.378 e. The minimum absolute atomic E-state index is 0.0401. The molecule has 0 spiro atoms. The summed E-state index contributed by atoms with van der Waals surface area (Å²) in [6, 6.07) is 2.85. The molecule has 82 valence electrons. The molecule has 0 aromatic carbocycles. The molecule has 7 heteroatoms. The number of aromatic nitrogens is 1. The second-order valence-electron chi connectivity index (χ2n) is 3.14. The standard InChI is InChI=1S/C8H13N5O2/c1-5(4-9)11-7-3-2-6(13(14)15)8(10)12-7/h2-3,5H,4,9H2,1H3,(H3,10,11,12). The summed E-state index contributed by atoms with van der Waals surface area (Å²) in [7, 11) is 0. The quantitative estimate of drug-likeness (QED) is 0.487. The van der Waals surface area contributed by atoms with E-state index in [0.29, 0.717) is 12.4 Å². The first kappa shape index (κ1) is 11.2. The van der Waals surface area contributed by atoms with Gasteiger partial charge >= 0.3 is 5.69 Å². The molecular formula is C8H13N5O2. The van der Waals surface area contributed by atoms with E-state index in [1.165, 1.54) is 12.1 Å². The lowest BCUT2D eigenvalue weighted by Crippen LogP contribution is -2.25. The van der Waals surface area contributed by atoms with Crippen LogP contribution in [0.25, 0.3) is 0 Å². The van der Waals surface area contributed by atoms with Gasteiger partial charge in [-0.15, -0.1) is 0 Å². The molecule has 1 atom stereocenters. The molecule has 0 radical (unpaired) electrons. The van der Waals surface area contributed by atoms with Crippen molar-refractivity contribution >= 4 is 17.3 Å². The van der Waals surface area contributed by atoms with Crippen LogP contribution in [-0.2, 0) is 0 Å². The van der Waals surface area contributed by atoms with Crippen LogP contribution >= 0.6 is 0 Å². The molecule has 0 saturated carbocycles. The molecule has 0 bridgehead atoms. The first-order valence-electron chi connectivity index (χ1n) is 4.42. The van der Waals surface area contributed by atoms with Gasteiger partial charge in [-0.25, -0.2) is 4.98 Å². The summed E-state index contributed by atoms with van der Waals surface area (Å²) in [5.74, 6) is 0.380. The van der Waals surface area contributed by atoms with Gasteiger partial charge < -0.3 is 16.8 Å². The Balaban J connectivity index is 2.87. The molecule has 1 aromatic heterocycles. The number of nitro groups is 1. The van der Waals surface area contributed by atoms with Crippen molar-refractivity contribution < 1.29 is 4.92 Å². The molecule has 1 aromatic rings. The topological polar surface area (TPSA) is 120 Å². The fourth-order valence-electron chi connectivity index (χ4n) is 1.01. The molecule has 15 heavy (non-hydrogen) atoms. The van der Waals surface area contributed by atoms with Crippen LogP contribution in [0.4, 0.5) is 17.3 Å². The Morgan fingerprint density at radius 3 is 2.80 bits per heavy atom. The van der Waals surface area contributed by atoms with E-state index in [2.05, 4.69) is 10.3 Å². The van der Waals surface area contributed by atoms with Crippen LogP contribution in [0.2, 0.25) is 0 Å². The summed E-state index contributed by atoms with van der Waals surface area (Å²) in [5.41, 5.74) is 10.6. The van der Waals surface area contributed by atoms with Gasteiger partial charge in [0.1, 0.15) is 5.82 Å². The average molecular weight is 211 g/mol. The maximum absolute atomic E-state index is 10.5. The maximum Gasteiger partial charge on any atom is 0.311 e. The first-order valence-corrected chi connectivity index (χ1v) is 4.42. The Morgan fingerprint density at radius 2 is 2.33 bits per heavy atom. The summed E-state index contributed by atoms with van der Waals surface area (Å²) in [6.45, 7) is 2.32. The highest BCUT2D eigenvalue weighted by Crippen LogP contribution is 2.20. The second kappa shape index (κ2) is 4.56. The van der Waals surface area contributed by atoms with E-state index in [1.54, 1.807) is 0 Å². The van der Waals surface area contributed by atoms with Crippen LogP contribution in [0, 0.1) is 10.1 Å².